The van der Waals surface area contributed by atoms with Crippen LogP contribution in [-0.2, 0) is 16.0 Å². The van der Waals surface area contributed by atoms with Gasteiger partial charge in [0.25, 0.3) is 0 Å². The maximum atomic E-state index is 11.7. The van der Waals surface area contributed by atoms with Crippen LogP contribution < -0.4 is 15.8 Å². The molecule has 5 heteroatoms. The molecule has 0 aromatic heterocycles. The number of nitrogens with two attached hydrogens (primary N) is 1. The standard InChI is InChI=1S/C14H22N2O3/c1-18-13-6-3-2-5-12(13)11-14(17)16-8-4-9-19-10-7-15/h2-3,5-6H,4,7-11,15H2,1H3,(H,16,17). The predicted molar refractivity (Wildman–Crippen MR) is 74.2 cm³/mol. The molecule has 1 amide bonds. The molecule has 0 unspecified atom stereocenters. The van der Waals surface area contributed by atoms with E-state index in [9.17, 15) is 4.79 Å². The molecule has 0 aliphatic carbocycles. The Labute approximate surface area is 114 Å². The largest absolute Gasteiger partial charge is 0.496 e. The molecule has 0 saturated heterocycles. The highest BCUT2D eigenvalue weighted by Gasteiger charge is 2.07. The second-order valence-corrected chi connectivity index (χ2v) is 4.09. The average Bonchev–Trinajstić information content (AvgIpc) is 2.43. The summed E-state index contributed by atoms with van der Waals surface area (Å²) in [7, 11) is 1.60. The van der Waals surface area contributed by atoms with Crippen LogP contribution >= 0.6 is 0 Å². The van der Waals surface area contributed by atoms with Gasteiger partial charge < -0.3 is 20.5 Å². The number of hydrogen-bond acceptors (Lipinski definition) is 4. The summed E-state index contributed by atoms with van der Waals surface area (Å²) in [6.07, 6.45) is 1.12. The van der Waals surface area contributed by atoms with E-state index in [-0.39, 0.29) is 5.91 Å². The highest BCUT2D eigenvalue weighted by molar-refractivity contribution is 5.79. The van der Waals surface area contributed by atoms with Crippen molar-refractivity contribution in [2.24, 2.45) is 5.73 Å². The number of ether oxygens (including phenoxy) is 2. The van der Waals surface area contributed by atoms with E-state index < -0.39 is 0 Å². The predicted octanol–water partition coefficient (Wildman–Crippen LogP) is 0.719. The normalized spacial score (nSPS) is 10.2. The third-order valence-corrected chi connectivity index (χ3v) is 2.59. The third-order valence-electron chi connectivity index (χ3n) is 2.59. The van der Waals surface area contributed by atoms with Gasteiger partial charge in [-0.15, -0.1) is 0 Å². The third kappa shape index (κ3) is 6.22. The molecule has 1 rings (SSSR count). The van der Waals surface area contributed by atoms with Gasteiger partial charge in [-0.1, -0.05) is 18.2 Å². The molecule has 0 bridgehead atoms. The lowest BCUT2D eigenvalue weighted by Crippen LogP contribution is -2.27. The maximum absolute atomic E-state index is 11.7. The highest BCUT2D eigenvalue weighted by atomic mass is 16.5. The summed E-state index contributed by atoms with van der Waals surface area (Å²) < 4.78 is 10.4. The first-order chi connectivity index (χ1) is 9.27. The van der Waals surface area contributed by atoms with Crippen molar-refractivity contribution in [1.29, 1.82) is 0 Å². The van der Waals surface area contributed by atoms with Crippen LogP contribution in [0.4, 0.5) is 0 Å². The van der Waals surface area contributed by atoms with E-state index in [0.717, 1.165) is 17.7 Å². The van der Waals surface area contributed by atoms with Crippen LogP contribution in [0.5, 0.6) is 5.75 Å². The molecule has 0 aliphatic heterocycles. The topological polar surface area (TPSA) is 73.6 Å². The van der Waals surface area contributed by atoms with E-state index in [4.69, 9.17) is 15.2 Å². The van der Waals surface area contributed by atoms with Gasteiger partial charge in [0.05, 0.1) is 20.1 Å². The van der Waals surface area contributed by atoms with E-state index in [0.29, 0.717) is 32.7 Å². The number of para-hydroxylation sites is 1. The highest BCUT2D eigenvalue weighted by Crippen LogP contribution is 2.17. The number of carbonyl (C=O) groups excluding carboxylic acids is 1. The monoisotopic (exact) mass is 266 g/mol. The molecule has 1 aromatic carbocycles. The van der Waals surface area contributed by atoms with E-state index in [1.165, 1.54) is 0 Å². The molecule has 5 nitrogen and oxygen atoms in total. The quantitative estimate of drug-likeness (QED) is 0.646. The fourth-order valence-corrected chi connectivity index (χ4v) is 1.67. The lowest BCUT2D eigenvalue weighted by atomic mass is 10.1. The number of carbonyl (C=O) groups is 1. The molecular weight excluding hydrogens is 244 g/mol. The summed E-state index contributed by atoms with van der Waals surface area (Å²) in [6, 6.07) is 7.52. The Hall–Kier alpha value is -1.59. The van der Waals surface area contributed by atoms with Crippen LogP contribution in [0.2, 0.25) is 0 Å². The first-order valence-corrected chi connectivity index (χ1v) is 6.44. The zero-order valence-electron chi connectivity index (χ0n) is 11.4. The second-order valence-electron chi connectivity index (χ2n) is 4.09. The van der Waals surface area contributed by atoms with Crippen LogP contribution in [0, 0.1) is 0 Å². The van der Waals surface area contributed by atoms with Gasteiger partial charge in [0.15, 0.2) is 0 Å². The zero-order valence-corrected chi connectivity index (χ0v) is 11.4. The Bertz CT molecular complexity index is 383. The van der Waals surface area contributed by atoms with Gasteiger partial charge in [0.1, 0.15) is 5.75 Å². The van der Waals surface area contributed by atoms with Crippen LogP contribution in [-0.4, -0.2) is 39.3 Å². The summed E-state index contributed by atoms with van der Waals surface area (Å²) >= 11 is 0. The van der Waals surface area contributed by atoms with Crippen molar-refractivity contribution in [3.8, 4) is 5.75 Å². The van der Waals surface area contributed by atoms with Gasteiger partial charge in [-0.05, 0) is 12.5 Å². The maximum Gasteiger partial charge on any atom is 0.224 e. The number of methoxy groups -OCH3 is 1. The molecule has 0 heterocycles. The molecule has 0 atom stereocenters. The molecule has 1 aromatic rings. The van der Waals surface area contributed by atoms with Crippen molar-refractivity contribution < 1.29 is 14.3 Å². The van der Waals surface area contributed by atoms with Gasteiger partial charge >= 0.3 is 0 Å². The van der Waals surface area contributed by atoms with Crippen molar-refractivity contribution in [2.45, 2.75) is 12.8 Å². The summed E-state index contributed by atoms with van der Waals surface area (Å²) in [5, 5.41) is 2.85. The molecule has 0 radical (unpaired) electrons. The minimum Gasteiger partial charge on any atom is -0.496 e. The SMILES string of the molecule is COc1ccccc1CC(=O)NCCCOCCN. The van der Waals surface area contributed by atoms with Crippen molar-refractivity contribution in [3.05, 3.63) is 29.8 Å². The van der Waals surface area contributed by atoms with E-state index in [1.54, 1.807) is 7.11 Å². The molecule has 0 saturated carbocycles. The van der Waals surface area contributed by atoms with Crippen LogP contribution in [0.3, 0.4) is 0 Å². The molecule has 3 N–H and O–H groups in total. The number of hydrogen-bond donors (Lipinski definition) is 2. The number of rotatable bonds is 9. The Balaban J connectivity index is 2.23. The Morgan fingerprint density at radius 3 is 2.84 bits per heavy atom. The summed E-state index contributed by atoms with van der Waals surface area (Å²) in [6.45, 7) is 2.32. The fourth-order valence-electron chi connectivity index (χ4n) is 1.67. The van der Waals surface area contributed by atoms with Gasteiger partial charge in [-0.25, -0.2) is 0 Å². The number of benzene rings is 1. The fraction of sp³-hybridized carbons (Fsp3) is 0.500. The molecular formula is C14H22N2O3. The van der Waals surface area contributed by atoms with Gasteiger partial charge in [-0.3, -0.25) is 4.79 Å². The first kappa shape index (κ1) is 15.5. The molecule has 0 spiro atoms. The van der Waals surface area contributed by atoms with Gasteiger partial charge in [-0.2, -0.15) is 0 Å². The first-order valence-electron chi connectivity index (χ1n) is 6.44. The average molecular weight is 266 g/mol. The van der Waals surface area contributed by atoms with Crippen molar-refractivity contribution in [2.75, 3.05) is 33.4 Å². The van der Waals surface area contributed by atoms with Crippen molar-refractivity contribution in [1.82, 2.24) is 5.32 Å². The minimum absolute atomic E-state index is 0.0108. The molecule has 0 aliphatic rings. The molecule has 106 valence electrons. The van der Waals surface area contributed by atoms with E-state index in [1.807, 2.05) is 24.3 Å². The van der Waals surface area contributed by atoms with Gasteiger partial charge in [0, 0.05) is 25.3 Å². The molecule has 19 heavy (non-hydrogen) atoms. The van der Waals surface area contributed by atoms with Gasteiger partial charge in [0.2, 0.25) is 5.91 Å². The van der Waals surface area contributed by atoms with E-state index >= 15 is 0 Å². The zero-order chi connectivity index (χ0) is 13.9. The smallest absolute Gasteiger partial charge is 0.224 e. The van der Waals surface area contributed by atoms with Crippen LogP contribution in [0.25, 0.3) is 0 Å². The Morgan fingerprint density at radius 1 is 1.32 bits per heavy atom. The van der Waals surface area contributed by atoms with Crippen molar-refractivity contribution in [3.63, 3.8) is 0 Å². The summed E-state index contributed by atoms with van der Waals surface area (Å²) in [4.78, 5) is 11.7. The lowest BCUT2D eigenvalue weighted by molar-refractivity contribution is -0.120. The second kappa shape index (κ2) is 9.35. The van der Waals surface area contributed by atoms with Crippen LogP contribution in [0.1, 0.15) is 12.0 Å². The van der Waals surface area contributed by atoms with Crippen LogP contribution in [0.15, 0.2) is 24.3 Å². The Kier molecular flexibility index (Phi) is 7.62. The van der Waals surface area contributed by atoms with Crippen molar-refractivity contribution >= 4 is 5.91 Å². The summed E-state index contributed by atoms with van der Waals surface area (Å²) in [5.74, 6) is 0.729. The Morgan fingerprint density at radius 2 is 2.11 bits per heavy atom. The lowest BCUT2D eigenvalue weighted by Gasteiger charge is -2.09. The molecule has 0 fully saturated rings. The number of nitrogens with one attached hydrogen (secondary N) is 1. The minimum atomic E-state index is -0.0108. The number of amides is 1. The summed E-state index contributed by atoms with van der Waals surface area (Å²) in [5.41, 5.74) is 6.19. The van der Waals surface area contributed by atoms with E-state index in [2.05, 4.69) is 5.32 Å².